The number of hydrogen-bond donors (Lipinski definition) is 2. The van der Waals surface area contributed by atoms with Gasteiger partial charge in [-0.3, -0.25) is 0 Å². The lowest BCUT2D eigenvalue weighted by Gasteiger charge is -2.47. The number of rotatable bonds is 4. The molecule has 0 saturated carbocycles. The van der Waals surface area contributed by atoms with Crippen LogP contribution in [-0.2, 0) is 6.54 Å². The molecule has 0 amide bonds. The highest BCUT2D eigenvalue weighted by atomic mass is 15.3. The van der Waals surface area contributed by atoms with Crippen molar-refractivity contribution in [3.63, 3.8) is 0 Å². The molecule has 1 aromatic heterocycles. The van der Waals surface area contributed by atoms with E-state index in [1.54, 1.807) is 6.33 Å². The molecule has 2 N–H and O–H groups in total. The molecule has 1 saturated heterocycles. The fourth-order valence-electron chi connectivity index (χ4n) is 3.72. The summed E-state index contributed by atoms with van der Waals surface area (Å²) in [5, 5.41) is 11.7. The van der Waals surface area contributed by atoms with Crippen LogP contribution in [0.4, 0.5) is 0 Å². The van der Waals surface area contributed by atoms with Crippen molar-refractivity contribution >= 4 is 0 Å². The maximum absolute atomic E-state index is 4.40. The van der Waals surface area contributed by atoms with Crippen molar-refractivity contribution < 1.29 is 0 Å². The van der Waals surface area contributed by atoms with Gasteiger partial charge in [0.05, 0.1) is 6.04 Å². The molecular weight excluding hydrogens is 250 g/mol. The number of aryl methyl sites for hydroxylation is 1. The van der Waals surface area contributed by atoms with E-state index in [-0.39, 0.29) is 17.1 Å². The van der Waals surface area contributed by atoms with E-state index in [1.807, 2.05) is 4.68 Å². The van der Waals surface area contributed by atoms with Crippen molar-refractivity contribution in [2.45, 2.75) is 84.1 Å². The van der Waals surface area contributed by atoms with Crippen LogP contribution in [0.5, 0.6) is 0 Å². The van der Waals surface area contributed by atoms with Crippen LogP contribution in [-0.4, -0.2) is 31.9 Å². The lowest BCUT2D eigenvalue weighted by molar-refractivity contribution is 0.139. The van der Waals surface area contributed by atoms with Crippen LogP contribution in [0.15, 0.2) is 6.33 Å². The Morgan fingerprint density at radius 3 is 2.50 bits per heavy atom. The summed E-state index contributed by atoms with van der Waals surface area (Å²) < 4.78 is 1.97. The van der Waals surface area contributed by atoms with E-state index in [9.17, 15) is 0 Å². The van der Waals surface area contributed by atoms with Gasteiger partial charge in [0, 0.05) is 23.7 Å². The van der Waals surface area contributed by atoms with Gasteiger partial charge in [-0.25, -0.2) is 9.67 Å². The van der Waals surface area contributed by atoms with Crippen LogP contribution in [0.1, 0.15) is 66.3 Å². The first-order valence-electron chi connectivity index (χ1n) is 7.65. The molecule has 0 spiro atoms. The average Bonchev–Trinajstić information content (AvgIpc) is 2.71. The molecule has 20 heavy (non-hydrogen) atoms. The van der Waals surface area contributed by atoms with E-state index in [0.29, 0.717) is 6.04 Å². The molecule has 1 aromatic rings. The van der Waals surface area contributed by atoms with Gasteiger partial charge in [0.15, 0.2) is 0 Å². The zero-order chi connectivity index (χ0) is 15.0. The Kier molecular flexibility index (Phi) is 4.21. The molecular formula is C15H29N5. The van der Waals surface area contributed by atoms with Gasteiger partial charge in [-0.15, -0.1) is 0 Å². The highest BCUT2D eigenvalue weighted by Crippen LogP contribution is 2.29. The molecule has 1 unspecified atom stereocenters. The normalized spacial score (nSPS) is 23.7. The molecule has 0 bridgehead atoms. The van der Waals surface area contributed by atoms with Gasteiger partial charge in [0.2, 0.25) is 0 Å². The predicted octanol–water partition coefficient (Wildman–Crippen LogP) is 2.26. The molecule has 0 radical (unpaired) electrons. The Hall–Kier alpha value is -0.940. The molecule has 1 aliphatic heterocycles. The Bertz CT molecular complexity index is 433. The fraction of sp³-hybridized carbons (Fsp3) is 0.867. The third-order valence-electron chi connectivity index (χ3n) is 4.01. The average molecular weight is 279 g/mol. The Morgan fingerprint density at radius 1 is 1.35 bits per heavy atom. The summed E-state index contributed by atoms with van der Waals surface area (Å²) >= 11 is 0. The number of aromatic nitrogens is 3. The Balaban J connectivity index is 2.06. The Morgan fingerprint density at radius 2 is 1.95 bits per heavy atom. The minimum atomic E-state index is 0.164. The second-order valence-corrected chi connectivity index (χ2v) is 7.32. The molecule has 5 nitrogen and oxygen atoms in total. The number of piperidine rings is 1. The molecule has 1 aliphatic rings. The highest BCUT2D eigenvalue weighted by molar-refractivity contribution is 5.02. The third kappa shape index (κ3) is 3.58. The zero-order valence-corrected chi connectivity index (χ0v) is 13.7. The molecule has 5 heteroatoms. The fourth-order valence-corrected chi connectivity index (χ4v) is 3.72. The summed E-state index contributed by atoms with van der Waals surface area (Å²) in [5.74, 6) is 1.03. The summed E-state index contributed by atoms with van der Waals surface area (Å²) in [6.45, 7) is 14.3. The number of nitrogens with zero attached hydrogens (tertiary/aromatic N) is 3. The molecule has 2 heterocycles. The summed E-state index contributed by atoms with van der Waals surface area (Å²) in [4.78, 5) is 4.40. The highest BCUT2D eigenvalue weighted by Gasteiger charge is 2.38. The van der Waals surface area contributed by atoms with E-state index >= 15 is 0 Å². The molecule has 0 aromatic carbocycles. The Labute approximate surface area is 122 Å². The van der Waals surface area contributed by atoms with E-state index in [1.165, 1.54) is 0 Å². The monoisotopic (exact) mass is 279 g/mol. The van der Waals surface area contributed by atoms with E-state index in [4.69, 9.17) is 0 Å². The zero-order valence-electron chi connectivity index (χ0n) is 13.7. The third-order valence-corrected chi connectivity index (χ3v) is 4.01. The number of nitrogens with one attached hydrogen (secondary N) is 2. The van der Waals surface area contributed by atoms with Crippen molar-refractivity contribution in [1.29, 1.82) is 0 Å². The smallest absolute Gasteiger partial charge is 0.143 e. The van der Waals surface area contributed by atoms with Gasteiger partial charge in [0.1, 0.15) is 12.2 Å². The largest absolute Gasteiger partial charge is 0.307 e. The van der Waals surface area contributed by atoms with Crippen molar-refractivity contribution in [3.8, 4) is 0 Å². The minimum absolute atomic E-state index is 0.164. The van der Waals surface area contributed by atoms with Crippen molar-refractivity contribution in [2.75, 3.05) is 0 Å². The first-order chi connectivity index (χ1) is 9.22. The molecule has 114 valence electrons. The van der Waals surface area contributed by atoms with Crippen molar-refractivity contribution in [3.05, 3.63) is 12.2 Å². The molecule has 1 atom stereocenters. The van der Waals surface area contributed by atoms with Gasteiger partial charge in [-0.05, 0) is 54.4 Å². The summed E-state index contributed by atoms with van der Waals surface area (Å²) in [6, 6.07) is 0.727. The quantitative estimate of drug-likeness (QED) is 0.887. The van der Waals surface area contributed by atoms with Crippen LogP contribution in [0.3, 0.4) is 0 Å². The second kappa shape index (κ2) is 5.45. The number of hydrogen-bond acceptors (Lipinski definition) is 4. The van der Waals surface area contributed by atoms with Gasteiger partial charge in [-0.1, -0.05) is 0 Å². The lowest BCUT2D eigenvalue weighted by atomic mass is 9.79. The van der Waals surface area contributed by atoms with Crippen molar-refractivity contribution in [2.24, 2.45) is 0 Å². The summed E-state index contributed by atoms with van der Waals surface area (Å²) in [6.07, 6.45) is 3.90. The van der Waals surface area contributed by atoms with Crippen LogP contribution in [0, 0.1) is 0 Å². The van der Waals surface area contributed by atoms with Crippen LogP contribution in [0.2, 0.25) is 0 Å². The van der Waals surface area contributed by atoms with Crippen LogP contribution < -0.4 is 10.6 Å². The predicted molar refractivity (Wildman–Crippen MR) is 81.6 cm³/mol. The maximum Gasteiger partial charge on any atom is 0.143 e. The first-order valence-corrected chi connectivity index (χ1v) is 7.65. The lowest BCUT2D eigenvalue weighted by Crippen LogP contribution is -2.61. The summed E-state index contributed by atoms with van der Waals surface area (Å²) in [7, 11) is 0. The standard InChI is InChI=1S/C15H29N5/c1-7-20-13(16-10-17-20)11(2)18-12-8-14(3,4)19-15(5,6)9-12/h10-12,18-19H,7-9H2,1-6H3. The summed E-state index contributed by atoms with van der Waals surface area (Å²) in [5.41, 5.74) is 0.329. The van der Waals surface area contributed by atoms with E-state index in [0.717, 1.165) is 25.2 Å². The van der Waals surface area contributed by atoms with Gasteiger partial charge < -0.3 is 10.6 Å². The van der Waals surface area contributed by atoms with Crippen LogP contribution >= 0.6 is 0 Å². The van der Waals surface area contributed by atoms with E-state index < -0.39 is 0 Å². The maximum atomic E-state index is 4.40. The SMILES string of the molecule is CCn1ncnc1C(C)NC1CC(C)(C)NC(C)(C)C1. The molecule has 1 fully saturated rings. The van der Waals surface area contributed by atoms with Gasteiger partial charge >= 0.3 is 0 Å². The van der Waals surface area contributed by atoms with E-state index in [2.05, 4.69) is 62.3 Å². The van der Waals surface area contributed by atoms with Gasteiger partial charge in [-0.2, -0.15) is 5.10 Å². The van der Waals surface area contributed by atoms with Gasteiger partial charge in [0.25, 0.3) is 0 Å². The minimum Gasteiger partial charge on any atom is -0.307 e. The molecule has 2 rings (SSSR count). The molecule has 0 aliphatic carbocycles. The van der Waals surface area contributed by atoms with Crippen molar-refractivity contribution in [1.82, 2.24) is 25.4 Å². The topological polar surface area (TPSA) is 54.8 Å². The van der Waals surface area contributed by atoms with Crippen LogP contribution in [0.25, 0.3) is 0 Å². The first kappa shape index (κ1) is 15.4. The second-order valence-electron chi connectivity index (χ2n) is 7.32.